The second kappa shape index (κ2) is 11.0. The molecule has 0 aromatic heterocycles. The molecule has 176 valence electrons. The average Bonchev–Trinajstić information content (AvgIpc) is 2.87. The summed E-state index contributed by atoms with van der Waals surface area (Å²) in [7, 11) is 0. The topological polar surface area (TPSA) is 69.6 Å². The smallest absolute Gasteiger partial charge is 0.405 e. The van der Waals surface area contributed by atoms with Crippen molar-refractivity contribution in [1.29, 1.82) is 0 Å². The molecule has 1 saturated heterocycles. The van der Waals surface area contributed by atoms with E-state index in [1.54, 1.807) is 0 Å². The third-order valence-electron chi connectivity index (χ3n) is 6.72. The molecule has 1 aliphatic heterocycles. The molecule has 0 bridgehead atoms. The highest BCUT2D eigenvalue weighted by molar-refractivity contribution is 5.94. The minimum absolute atomic E-state index is 0.105. The molecule has 3 aromatic rings. The van der Waals surface area contributed by atoms with Crippen LogP contribution < -0.4 is 5.32 Å². The summed E-state index contributed by atoms with van der Waals surface area (Å²) in [6.45, 7) is 3.30. The predicted molar refractivity (Wildman–Crippen MR) is 134 cm³/mol. The highest BCUT2D eigenvalue weighted by Gasteiger charge is 2.25. The second-order valence-corrected chi connectivity index (χ2v) is 9.09. The maximum atomic E-state index is 13.2. The molecular formula is C29H32N2O3. The molecule has 1 unspecified atom stereocenters. The minimum atomic E-state index is -1.02. The van der Waals surface area contributed by atoms with Crippen LogP contribution in [0.25, 0.3) is 0 Å². The Bertz CT molecular complexity index is 1120. The zero-order valence-corrected chi connectivity index (χ0v) is 19.6. The zero-order valence-electron chi connectivity index (χ0n) is 19.6. The molecule has 0 aliphatic carbocycles. The Morgan fingerprint density at radius 2 is 1.59 bits per heavy atom. The number of piperidine rings is 1. The predicted octanol–water partition coefficient (Wildman–Crippen LogP) is 5.82. The summed E-state index contributed by atoms with van der Waals surface area (Å²) in [6, 6.07) is 26.3. The number of aryl methyl sites for hydroxylation is 2. The van der Waals surface area contributed by atoms with Crippen molar-refractivity contribution >= 4 is 12.0 Å². The number of carboxylic acid groups (broad SMARTS) is 1. The molecule has 1 heterocycles. The zero-order chi connectivity index (χ0) is 23.9. The Balaban J connectivity index is 1.34. The van der Waals surface area contributed by atoms with E-state index in [2.05, 4.69) is 47.8 Å². The van der Waals surface area contributed by atoms with Gasteiger partial charge in [0.15, 0.2) is 0 Å². The van der Waals surface area contributed by atoms with Gasteiger partial charge in [0.25, 0.3) is 5.91 Å². The average molecular weight is 457 g/mol. The van der Waals surface area contributed by atoms with Crippen molar-refractivity contribution in [2.75, 3.05) is 13.1 Å². The molecule has 4 rings (SSSR count). The van der Waals surface area contributed by atoms with Gasteiger partial charge >= 0.3 is 6.09 Å². The standard InChI is InChI=1S/C29H32N2O3/c1-21(30-29(33)34)25-10-6-11-26(20-25)24-15-17-31(18-16-24)28(32)27-12-5-9-23(19-27)14-13-22-7-3-2-4-8-22/h2-12,19-21,24,30H,13-18H2,1H3,(H,33,34). The van der Waals surface area contributed by atoms with Crippen molar-refractivity contribution in [3.8, 4) is 0 Å². The van der Waals surface area contributed by atoms with Crippen LogP contribution in [0.3, 0.4) is 0 Å². The number of hydrogen-bond acceptors (Lipinski definition) is 2. The highest BCUT2D eigenvalue weighted by atomic mass is 16.4. The quantitative estimate of drug-likeness (QED) is 0.471. The first-order chi connectivity index (χ1) is 16.5. The van der Waals surface area contributed by atoms with Crippen LogP contribution >= 0.6 is 0 Å². The van der Waals surface area contributed by atoms with Crippen molar-refractivity contribution in [2.45, 2.75) is 44.6 Å². The van der Waals surface area contributed by atoms with E-state index in [0.717, 1.165) is 49.9 Å². The molecule has 0 spiro atoms. The van der Waals surface area contributed by atoms with Crippen molar-refractivity contribution in [3.05, 3.63) is 107 Å². The van der Waals surface area contributed by atoms with Gasteiger partial charge in [-0.25, -0.2) is 4.79 Å². The first kappa shape index (κ1) is 23.6. The first-order valence-electron chi connectivity index (χ1n) is 12.0. The molecule has 0 saturated carbocycles. The van der Waals surface area contributed by atoms with Gasteiger partial charge in [0.1, 0.15) is 0 Å². The maximum Gasteiger partial charge on any atom is 0.405 e. The van der Waals surface area contributed by atoms with Crippen LogP contribution in [0.4, 0.5) is 4.79 Å². The molecule has 1 aliphatic rings. The molecular weight excluding hydrogens is 424 g/mol. The molecule has 1 atom stereocenters. The van der Waals surface area contributed by atoms with Gasteiger partial charge in [0.05, 0.1) is 6.04 Å². The van der Waals surface area contributed by atoms with Gasteiger partial charge in [-0.3, -0.25) is 4.79 Å². The van der Waals surface area contributed by atoms with Crippen molar-refractivity contribution in [1.82, 2.24) is 10.2 Å². The van der Waals surface area contributed by atoms with Crippen LogP contribution in [0.5, 0.6) is 0 Å². The Labute approximate surface area is 201 Å². The largest absolute Gasteiger partial charge is 0.465 e. The summed E-state index contributed by atoms with van der Waals surface area (Å²) in [5.74, 6) is 0.478. The Morgan fingerprint density at radius 1 is 0.912 bits per heavy atom. The number of carbonyl (C=O) groups excluding carboxylic acids is 1. The van der Waals surface area contributed by atoms with Crippen LogP contribution in [0.15, 0.2) is 78.9 Å². The van der Waals surface area contributed by atoms with E-state index in [1.165, 1.54) is 16.7 Å². The fourth-order valence-electron chi connectivity index (χ4n) is 4.74. The molecule has 2 amide bonds. The van der Waals surface area contributed by atoms with E-state index in [1.807, 2.05) is 48.2 Å². The van der Waals surface area contributed by atoms with Crippen LogP contribution in [-0.4, -0.2) is 35.1 Å². The lowest BCUT2D eigenvalue weighted by atomic mass is 9.87. The van der Waals surface area contributed by atoms with E-state index in [0.29, 0.717) is 5.92 Å². The van der Waals surface area contributed by atoms with Crippen molar-refractivity contribution in [2.24, 2.45) is 0 Å². The van der Waals surface area contributed by atoms with Crippen LogP contribution in [0.2, 0.25) is 0 Å². The number of amides is 2. The number of nitrogens with zero attached hydrogens (tertiary/aromatic N) is 1. The fourth-order valence-corrected chi connectivity index (χ4v) is 4.74. The van der Waals surface area contributed by atoms with Gasteiger partial charge < -0.3 is 15.3 Å². The normalized spacial score (nSPS) is 15.0. The summed E-state index contributed by atoms with van der Waals surface area (Å²) < 4.78 is 0. The lowest BCUT2D eigenvalue weighted by Crippen LogP contribution is -2.38. The molecule has 34 heavy (non-hydrogen) atoms. The van der Waals surface area contributed by atoms with E-state index < -0.39 is 6.09 Å². The summed E-state index contributed by atoms with van der Waals surface area (Å²) in [5.41, 5.74) is 5.43. The van der Waals surface area contributed by atoms with Gasteiger partial charge in [-0.1, -0.05) is 66.7 Å². The van der Waals surface area contributed by atoms with E-state index >= 15 is 0 Å². The van der Waals surface area contributed by atoms with Crippen LogP contribution in [-0.2, 0) is 12.8 Å². The molecule has 5 heteroatoms. The first-order valence-corrected chi connectivity index (χ1v) is 12.0. The van der Waals surface area contributed by atoms with Gasteiger partial charge in [-0.15, -0.1) is 0 Å². The van der Waals surface area contributed by atoms with Crippen molar-refractivity contribution < 1.29 is 14.7 Å². The van der Waals surface area contributed by atoms with Gasteiger partial charge in [0.2, 0.25) is 0 Å². The minimum Gasteiger partial charge on any atom is -0.465 e. The maximum absolute atomic E-state index is 13.2. The van der Waals surface area contributed by atoms with Crippen molar-refractivity contribution in [3.63, 3.8) is 0 Å². The molecule has 2 N–H and O–H groups in total. The third kappa shape index (κ3) is 6.04. The van der Waals surface area contributed by atoms with E-state index in [4.69, 9.17) is 5.11 Å². The molecule has 0 radical (unpaired) electrons. The molecule has 3 aromatic carbocycles. The number of hydrogen-bond donors (Lipinski definition) is 2. The summed E-state index contributed by atoms with van der Waals surface area (Å²) in [5, 5.41) is 11.5. The fraction of sp³-hybridized carbons (Fsp3) is 0.310. The lowest BCUT2D eigenvalue weighted by Gasteiger charge is -2.32. The van der Waals surface area contributed by atoms with Gasteiger partial charge in [-0.2, -0.15) is 0 Å². The SMILES string of the molecule is CC(NC(=O)O)c1cccc(C2CCN(C(=O)c3cccc(CCc4ccccc4)c3)CC2)c1. The van der Waals surface area contributed by atoms with Gasteiger partial charge in [-0.05, 0) is 72.9 Å². The number of nitrogens with one attached hydrogen (secondary N) is 1. The summed E-state index contributed by atoms with van der Waals surface area (Å²) in [6.07, 6.45) is 2.67. The van der Waals surface area contributed by atoms with E-state index in [9.17, 15) is 9.59 Å². The second-order valence-electron chi connectivity index (χ2n) is 9.09. The summed E-state index contributed by atoms with van der Waals surface area (Å²) >= 11 is 0. The Kier molecular flexibility index (Phi) is 7.63. The number of likely N-dealkylation sites (tertiary alicyclic amines) is 1. The number of rotatable bonds is 7. The van der Waals surface area contributed by atoms with Gasteiger partial charge in [0, 0.05) is 18.7 Å². The summed E-state index contributed by atoms with van der Waals surface area (Å²) in [4.78, 5) is 26.1. The lowest BCUT2D eigenvalue weighted by molar-refractivity contribution is 0.0713. The number of benzene rings is 3. The Hall–Kier alpha value is -3.60. The Morgan fingerprint density at radius 3 is 2.32 bits per heavy atom. The van der Waals surface area contributed by atoms with Crippen LogP contribution in [0, 0.1) is 0 Å². The van der Waals surface area contributed by atoms with Crippen LogP contribution in [0.1, 0.15) is 64.3 Å². The third-order valence-corrected chi connectivity index (χ3v) is 6.72. The molecule has 1 fully saturated rings. The molecule has 5 nitrogen and oxygen atoms in total. The number of carbonyl (C=O) groups is 2. The highest BCUT2D eigenvalue weighted by Crippen LogP contribution is 2.30. The van der Waals surface area contributed by atoms with E-state index in [-0.39, 0.29) is 11.9 Å². The monoisotopic (exact) mass is 456 g/mol.